The van der Waals surface area contributed by atoms with Crippen LogP contribution < -0.4 is 10.1 Å². The predicted molar refractivity (Wildman–Crippen MR) is 135 cm³/mol. The van der Waals surface area contributed by atoms with Crippen LogP contribution >= 0.6 is 0 Å². The number of methoxy groups -OCH3 is 1. The summed E-state index contributed by atoms with van der Waals surface area (Å²) in [6, 6.07) is 7.14. The van der Waals surface area contributed by atoms with Crippen molar-refractivity contribution in [1.29, 1.82) is 0 Å². The lowest BCUT2D eigenvalue weighted by molar-refractivity contribution is -0.148. The number of rotatable bonds is 9. The Hall–Kier alpha value is -2.67. The molecule has 35 heavy (non-hydrogen) atoms. The van der Waals surface area contributed by atoms with Crippen molar-refractivity contribution in [2.75, 3.05) is 26.7 Å². The molecule has 2 saturated heterocycles. The SMILES string of the molecule is COc1ccccc1[C@H](CNC(=O)[C@H](CC(C)C)N1C(=O)[C@H]2CC=CC[C@H]2C1=O)N1CCCCC1. The number of hydrogen-bond donors (Lipinski definition) is 1. The molecule has 7 heteroatoms. The second-order valence-corrected chi connectivity index (χ2v) is 10.4. The third kappa shape index (κ3) is 5.45. The van der Waals surface area contributed by atoms with E-state index in [4.69, 9.17) is 4.74 Å². The van der Waals surface area contributed by atoms with Crippen LogP contribution in [0, 0.1) is 17.8 Å². The first-order valence-corrected chi connectivity index (χ1v) is 13.1. The van der Waals surface area contributed by atoms with Gasteiger partial charge < -0.3 is 10.1 Å². The zero-order valence-corrected chi connectivity index (χ0v) is 21.2. The molecule has 2 fully saturated rings. The third-order valence-corrected chi connectivity index (χ3v) is 7.65. The fourth-order valence-corrected chi connectivity index (χ4v) is 5.83. The van der Waals surface area contributed by atoms with Gasteiger partial charge in [-0.1, -0.05) is 50.6 Å². The van der Waals surface area contributed by atoms with Crippen molar-refractivity contribution in [2.24, 2.45) is 17.8 Å². The average Bonchev–Trinajstić information content (AvgIpc) is 3.13. The van der Waals surface area contributed by atoms with E-state index >= 15 is 0 Å². The molecular formula is C28H39N3O4. The summed E-state index contributed by atoms with van der Waals surface area (Å²) in [5.41, 5.74) is 1.04. The van der Waals surface area contributed by atoms with E-state index in [2.05, 4.69) is 16.3 Å². The minimum Gasteiger partial charge on any atom is -0.496 e. The molecule has 4 atom stereocenters. The van der Waals surface area contributed by atoms with Crippen LogP contribution in [0.4, 0.5) is 0 Å². The van der Waals surface area contributed by atoms with Crippen LogP contribution in [0.3, 0.4) is 0 Å². The van der Waals surface area contributed by atoms with Crippen molar-refractivity contribution < 1.29 is 19.1 Å². The zero-order chi connectivity index (χ0) is 24.9. The Kier molecular flexibility index (Phi) is 8.26. The molecule has 0 spiro atoms. The standard InChI is InChI=1S/C28H39N3O4/c1-19(2)17-23(31-27(33)20-11-5-6-12-21(20)28(31)34)26(32)29-18-24(30-15-9-4-10-16-30)22-13-7-8-14-25(22)35-3/h5-8,13-14,19-21,23-24H,4,9-12,15-18H2,1-3H3,(H,29,32)/t20-,21+,23-,24-/m0/s1. The molecule has 2 heterocycles. The van der Waals surface area contributed by atoms with Gasteiger partial charge in [-0.25, -0.2) is 0 Å². The summed E-state index contributed by atoms with van der Waals surface area (Å²) in [5, 5.41) is 3.14. The number of allylic oxidation sites excluding steroid dienone is 2. The number of hydrogen-bond acceptors (Lipinski definition) is 5. The van der Waals surface area contributed by atoms with Crippen LogP contribution in [0.2, 0.25) is 0 Å². The number of imide groups is 1. The molecule has 4 rings (SSSR count). The Morgan fingerprint density at radius 2 is 1.66 bits per heavy atom. The minimum atomic E-state index is -0.778. The van der Waals surface area contributed by atoms with Crippen LogP contribution in [0.1, 0.15) is 64.0 Å². The molecule has 1 N–H and O–H groups in total. The first-order chi connectivity index (χ1) is 16.9. The summed E-state index contributed by atoms with van der Waals surface area (Å²) >= 11 is 0. The molecule has 0 unspecified atom stereocenters. The van der Waals surface area contributed by atoms with Crippen LogP contribution in [-0.2, 0) is 14.4 Å². The van der Waals surface area contributed by atoms with Gasteiger partial charge in [-0.2, -0.15) is 0 Å². The highest BCUT2D eigenvalue weighted by atomic mass is 16.5. The molecule has 1 aromatic rings. The summed E-state index contributed by atoms with van der Waals surface area (Å²) in [6.07, 6.45) is 9.03. The summed E-state index contributed by atoms with van der Waals surface area (Å²) in [6.45, 7) is 6.37. The quantitative estimate of drug-likeness (QED) is 0.430. The summed E-state index contributed by atoms with van der Waals surface area (Å²) in [4.78, 5) is 43.8. The van der Waals surface area contributed by atoms with Gasteiger partial charge in [-0.3, -0.25) is 24.2 Å². The molecule has 190 valence electrons. The molecule has 0 aromatic heterocycles. The normalized spacial score (nSPS) is 24.4. The van der Waals surface area contributed by atoms with Gasteiger partial charge in [0.05, 0.1) is 25.0 Å². The van der Waals surface area contributed by atoms with Crippen LogP contribution in [0.25, 0.3) is 0 Å². The maximum Gasteiger partial charge on any atom is 0.243 e. The van der Waals surface area contributed by atoms with Crippen molar-refractivity contribution in [3.05, 3.63) is 42.0 Å². The molecule has 3 aliphatic rings. The molecule has 1 aliphatic carbocycles. The van der Waals surface area contributed by atoms with Gasteiger partial charge in [0.15, 0.2) is 0 Å². The Labute approximate surface area is 208 Å². The molecular weight excluding hydrogens is 442 g/mol. The predicted octanol–water partition coefficient (Wildman–Crippen LogP) is 3.70. The van der Waals surface area contributed by atoms with Gasteiger partial charge in [0.25, 0.3) is 0 Å². The van der Waals surface area contributed by atoms with Crippen LogP contribution in [0.5, 0.6) is 5.75 Å². The molecule has 1 aromatic carbocycles. The number of carbonyl (C=O) groups is 3. The van der Waals surface area contributed by atoms with Gasteiger partial charge in [-0.05, 0) is 57.2 Å². The summed E-state index contributed by atoms with van der Waals surface area (Å²) in [7, 11) is 1.67. The number of nitrogens with one attached hydrogen (secondary N) is 1. The topological polar surface area (TPSA) is 79.0 Å². The van der Waals surface area contributed by atoms with Gasteiger partial charge in [0.2, 0.25) is 17.7 Å². The molecule has 7 nitrogen and oxygen atoms in total. The molecule has 2 aliphatic heterocycles. The highest BCUT2D eigenvalue weighted by molar-refractivity contribution is 6.08. The van der Waals surface area contributed by atoms with Crippen molar-refractivity contribution in [3.63, 3.8) is 0 Å². The van der Waals surface area contributed by atoms with Gasteiger partial charge in [0.1, 0.15) is 11.8 Å². The van der Waals surface area contributed by atoms with Crippen molar-refractivity contribution in [1.82, 2.24) is 15.1 Å². The largest absolute Gasteiger partial charge is 0.496 e. The van der Waals surface area contributed by atoms with Gasteiger partial charge in [-0.15, -0.1) is 0 Å². The van der Waals surface area contributed by atoms with Gasteiger partial charge >= 0.3 is 0 Å². The summed E-state index contributed by atoms with van der Waals surface area (Å²) in [5.74, 6) is -0.320. The van der Waals surface area contributed by atoms with Crippen molar-refractivity contribution in [2.45, 2.75) is 64.5 Å². The molecule has 0 bridgehead atoms. The van der Waals surface area contributed by atoms with E-state index in [1.807, 2.05) is 44.2 Å². The van der Waals surface area contributed by atoms with E-state index in [-0.39, 0.29) is 41.5 Å². The molecule has 3 amide bonds. The van der Waals surface area contributed by atoms with E-state index in [0.29, 0.717) is 25.8 Å². The number of carbonyl (C=O) groups excluding carboxylic acids is 3. The van der Waals surface area contributed by atoms with Crippen molar-refractivity contribution in [3.8, 4) is 5.75 Å². The number of amides is 3. The first-order valence-electron chi connectivity index (χ1n) is 13.1. The number of piperidine rings is 1. The Morgan fingerprint density at radius 3 is 2.26 bits per heavy atom. The Balaban J connectivity index is 1.54. The van der Waals surface area contributed by atoms with Crippen molar-refractivity contribution >= 4 is 17.7 Å². The number of ether oxygens (including phenoxy) is 1. The molecule has 0 saturated carbocycles. The lowest BCUT2D eigenvalue weighted by atomic mass is 9.85. The average molecular weight is 482 g/mol. The van der Waals surface area contributed by atoms with E-state index in [1.54, 1.807) is 7.11 Å². The third-order valence-electron chi connectivity index (χ3n) is 7.65. The monoisotopic (exact) mass is 481 g/mol. The highest BCUT2D eigenvalue weighted by Crippen LogP contribution is 2.37. The van der Waals surface area contributed by atoms with Gasteiger partial charge in [0, 0.05) is 12.1 Å². The second kappa shape index (κ2) is 11.4. The van der Waals surface area contributed by atoms with E-state index in [1.165, 1.54) is 11.3 Å². The fraction of sp³-hybridized carbons (Fsp3) is 0.607. The minimum absolute atomic E-state index is 0.0353. The number of benzene rings is 1. The Morgan fingerprint density at radius 1 is 1.03 bits per heavy atom. The van der Waals surface area contributed by atoms with E-state index in [0.717, 1.165) is 37.2 Å². The number of likely N-dealkylation sites (tertiary alicyclic amines) is 2. The zero-order valence-electron chi connectivity index (χ0n) is 21.2. The lowest BCUT2D eigenvalue weighted by Crippen LogP contribution is -2.52. The van der Waals surface area contributed by atoms with E-state index < -0.39 is 6.04 Å². The Bertz CT molecular complexity index is 927. The van der Waals surface area contributed by atoms with Crippen LogP contribution in [0.15, 0.2) is 36.4 Å². The molecule has 0 radical (unpaired) electrons. The first kappa shape index (κ1) is 25.4. The lowest BCUT2D eigenvalue weighted by Gasteiger charge is -2.36. The maximum atomic E-state index is 13.6. The number of fused-ring (bicyclic) bond motifs is 1. The highest BCUT2D eigenvalue weighted by Gasteiger charge is 2.51. The number of para-hydroxylation sites is 1. The van der Waals surface area contributed by atoms with Crippen LogP contribution in [-0.4, -0.2) is 60.3 Å². The smallest absolute Gasteiger partial charge is 0.243 e. The van der Waals surface area contributed by atoms with E-state index in [9.17, 15) is 14.4 Å². The maximum absolute atomic E-state index is 13.6. The second-order valence-electron chi connectivity index (χ2n) is 10.4. The summed E-state index contributed by atoms with van der Waals surface area (Å²) < 4.78 is 5.64. The fourth-order valence-electron chi connectivity index (χ4n) is 5.83. The number of nitrogens with zero attached hydrogens (tertiary/aromatic N) is 2.